The number of non-ortho nitro benzene ring substituents is 2. The Hall–Kier alpha value is -8.35. The molecule has 0 unspecified atom stereocenters. The molecule has 394 valence electrons. The Balaban J connectivity index is 0.921. The van der Waals surface area contributed by atoms with Crippen LogP contribution in [0.3, 0.4) is 0 Å². The van der Waals surface area contributed by atoms with Crippen molar-refractivity contribution in [2.75, 3.05) is 28.2 Å². The van der Waals surface area contributed by atoms with Gasteiger partial charge >= 0.3 is 14.2 Å². The van der Waals surface area contributed by atoms with Gasteiger partial charge in [0, 0.05) is 77.6 Å². The van der Waals surface area contributed by atoms with Crippen molar-refractivity contribution in [2.45, 2.75) is 52.1 Å². The summed E-state index contributed by atoms with van der Waals surface area (Å²) in [6.45, 7) is 1.87. The van der Waals surface area contributed by atoms with Gasteiger partial charge in [0.15, 0.2) is 0 Å². The third-order valence-electron chi connectivity index (χ3n) is 14.7. The van der Waals surface area contributed by atoms with Gasteiger partial charge in [-0.15, -0.1) is 0 Å². The molecule has 2 amide bonds. The van der Waals surface area contributed by atoms with Crippen molar-refractivity contribution < 1.29 is 39.5 Å². The Morgan fingerprint density at radius 3 is 0.936 bits per heavy atom. The summed E-state index contributed by atoms with van der Waals surface area (Å²) in [5, 5.41) is 71.4. The minimum atomic E-state index is -1.80. The van der Waals surface area contributed by atoms with E-state index in [0.29, 0.717) is 37.3 Å². The van der Waals surface area contributed by atoms with Crippen LogP contribution < -0.4 is 10.9 Å². The lowest BCUT2D eigenvalue weighted by atomic mass is 9.76. The van der Waals surface area contributed by atoms with Gasteiger partial charge in [-0.1, -0.05) is 133 Å². The van der Waals surface area contributed by atoms with E-state index in [4.69, 9.17) is 0 Å². The Bertz CT molecular complexity index is 3420. The van der Waals surface area contributed by atoms with Gasteiger partial charge in [-0.3, -0.25) is 39.6 Å². The number of nitro groups is 2. The highest BCUT2D eigenvalue weighted by Gasteiger charge is 2.26. The van der Waals surface area contributed by atoms with Crippen LogP contribution in [-0.4, -0.2) is 104 Å². The van der Waals surface area contributed by atoms with Crippen molar-refractivity contribution in [3.05, 3.63) is 222 Å². The van der Waals surface area contributed by atoms with Crippen molar-refractivity contribution in [1.82, 2.24) is 19.6 Å². The van der Waals surface area contributed by atoms with Gasteiger partial charge < -0.3 is 29.9 Å². The zero-order chi connectivity index (χ0) is 55.4. The number of nitro benzene ring substituents is 2. The quantitative estimate of drug-likeness (QED) is 0.0260. The number of hydrogen-bond donors (Lipinski definition) is 4. The van der Waals surface area contributed by atoms with Crippen LogP contribution in [0.25, 0.3) is 43.1 Å². The van der Waals surface area contributed by atoms with Crippen molar-refractivity contribution >= 4 is 91.4 Å². The van der Waals surface area contributed by atoms with E-state index in [1.54, 1.807) is 23.9 Å². The fraction of sp³-hybridized carbons (Fsp3) is 0.200. The lowest BCUT2D eigenvalue weighted by Gasteiger charge is -2.25. The fourth-order valence-corrected chi connectivity index (χ4v) is 10.9. The molecule has 78 heavy (non-hydrogen) atoms. The zero-order valence-corrected chi connectivity index (χ0v) is 43.7. The van der Waals surface area contributed by atoms with Gasteiger partial charge in [0.2, 0.25) is 11.8 Å². The average Bonchev–Trinajstić information content (AvgIpc) is 3.43. The standard InChI is InChI=1S/C60H58B2N6O10/c1-63(33-41-29-43(67(75)76)25-27-57(41)61(71)72)35-53-45-17-7-11-21-49(45)55(50-22-12-8-18-46(50)53)37-65(3)59(69)31-39-15-5-6-16-40(39)32-60(70)66(4)38-56-51-23-13-9-19-47(51)54(48-20-10-14-24-52(48)56)36-64(2)34-42-30-44(68(77)78)26-28-58(42)62(73)74/h5-30,71-74H,31-38H2,1-4H3. The van der Waals surface area contributed by atoms with Crippen LogP contribution in [0.2, 0.25) is 0 Å². The van der Waals surface area contributed by atoms with E-state index in [0.717, 1.165) is 76.5 Å². The highest BCUT2D eigenvalue weighted by Crippen LogP contribution is 2.37. The normalized spacial score (nSPS) is 11.5. The van der Waals surface area contributed by atoms with Gasteiger partial charge in [0.25, 0.3) is 11.4 Å². The minimum Gasteiger partial charge on any atom is -0.423 e. The Morgan fingerprint density at radius 1 is 0.397 bits per heavy atom. The Morgan fingerprint density at radius 2 is 0.667 bits per heavy atom. The topological polar surface area (TPSA) is 214 Å². The highest BCUT2D eigenvalue weighted by molar-refractivity contribution is 6.59. The molecule has 16 nitrogen and oxygen atoms in total. The van der Waals surface area contributed by atoms with Gasteiger partial charge in [-0.2, -0.15) is 0 Å². The predicted octanol–water partition coefficient (Wildman–Crippen LogP) is 7.14. The first-order chi connectivity index (χ1) is 37.5. The minimum absolute atomic E-state index is 0.0683. The van der Waals surface area contributed by atoms with Crippen LogP contribution >= 0.6 is 0 Å². The molecule has 0 aromatic heterocycles. The molecule has 0 heterocycles. The zero-order valence-electron chi connectivity index (χ0n) is 43.7. The van der Waals surface area contributed by atoms with Crippen LogP contribution in [0.4, 0.5) is 11.4 Å². The summed E-state index contributed by atoms with van der Waals surface area (Å²) < 4.78 is 0. The smallest absolute Gasteiger partial charge is 0.423 e. The first-order valence-electron chi connectivity index (χ1n) is 25.5. The number of likely N-dealkylation sites (N-methyl/N-ethyl adjacent to an activating group) is 2. The summed E-state index contributed by atoms with van der Waals surface area (Å²) in [5.74, 6) is -0.251. The fourth-order valence-electron chi connectivity index (χ4n) is 10.9. The number of nitrogens with zero attached hydrogens (tertiary/aromatic N) is 6. The maximum absolute atomic E-state index is 14.3. The van der Waals surface area contributed by atoms with Crippen LogP contribution in [0, 0.1) is 20.2 Å². The van der Waals surface area contributed by atoms with E-state index in [9.17, 15) is 49.9 Å². The van der Waals surface area contributed by atoms with Crippen molar-refractivity contribution in [3.63, 3.8) is 0 Å². The largest absolute Gasteiger partial charge is 0.488 e. The predicted molar refractivity (Wildman–Crippen MR) is 306 cm³/mol. The van der Waals surface area contributed by atoms with Crippen LogP contribution in [0.1, 0.15) is 44.5 Å². The number of fused-ring (bicyclic) bond motifs is 4. The van der Waals surface area contributed by atoms with Gasteiger partial charge in [0.1, 0.15) is 0 Å². The molecule has 9 aromatic rings. The maximum Gasteiger partial charge on any atom is 0.488 e. The lowest BCUT2D eigenvalue weighted by Crippen LogP contribution is -2.35. The molecule has 9 aromatic carbocycles. The monoisotopic (exact) mass is 1040 g/mol. The molecule has 0 radical (unpaired) electrons. The molecule has 0 bridgehead atoms. The van der Waals surface area contributed by atoms with Crippen molar-refractivity contribution in [2.24, 2.45) is 0 Å². The first kappa shape index (κ1) is 54.4. The summed E-state index contributed by atoms with van der Waals surface area (Å²) in [6.07, 6.45) is 0.137. The van der Waals surface area contributed by atoms with E-state index < -0.39 is 24.1 Å². The van der Waals surface area contributed by atoms with Crippen LogP contribution in [-0.2, 0) is 61.7 Å². The summed E-state index contributed by atoms with van der Waals surface area (Å²) in [6, 6.07) is 47.6. The molecular formula is C60H58B2N6O10. The van der Waals surface area contributed by atoms with Crippen molar-refractivity contribution in [3.8, 4) is 0 Å². The molecule has 0 aliphatic heterocycles. The molecule has 0 aliphatic rings. The molecule has 0 aliphatic carbocycles. The third-order valence-corrected chi connectivity index (χ3v) is 14.7. The van der Waals surface area contributed by atoms with E-state index in [1.165, 1.54) is 36.4 Å². The van der Waals surface area contributed by atoms with Crippen LogP contribution in [0.15, 0.2) is 158 Å². The third kappa shape index (κ3) is 11.6. The second kappa shape index (κ2) is 23.5. The van der Waals surface area contributed by atoms with Crippen LogP contribution in [0.5, 0.6) is 0 Å². The highest BCUT2D eigenvalue weighted by atomic mass is 16.6. The molecule has 9 rings (SSSR count). The number of carbonyl (C=O) groups is 2. The molecule has 0 saturated heterocycles. The summed E-state index contributed by atoms with van der Waals surface area (Å²) >= 11 is 0. The van der Waals surface area contributed by atoms with Crippen molar-refractivity contribution in [1.29, 1.82) is 0 Å². The van der Waals surface area contributed by atoms with E-state index >= 15 is 0 Å². The first-order valence-corrected chi connectivity index (χ1v) is 25.5. The SMILES string of the molecule is CN(Cc1cc([N+](=O)[O-])ccc1B(O)O)Cc1c2ccccc2c(CN(C)C(=O)Cc2ccccc2CC(=O)N(C)Cc2c3ccccc3c(CN(C)Cc3cc([N+](=O)[O-])ccc3B(O)O)c3ccccc23)c2ccccc12. The maximum atomic E-state index is 14.3. The molecule has 0 fully saturated rings. The summed E-state index contributed by atoms with van der Waals surface area (Å²) in [4.78, 5) is 58.3. The number of hydrogen-bond acceptors (Lipinski definition) is 12. The number of benzene rings is 9. The molecule has 0 saturated carbocycles. The van der Waals surface area contributed by atoms with E-state index in [1.807, 2.05) is 145 Å². The second-order valence-electron chi connectivity index (χ2n) is 20.1. The van der Waals surface area contributed by atoms with E-state index in [-0.39, 0.29) is 60.0 Å². The lowest BCUT2D eigenvalue weighted by molar-refractivity contribution is -0.385. The number of carbonyl (C=O) groups excluding carboxylic acids is 2. The van der Waals surface area contributed by atoms with Gasteiger partial charge in [-0.25, -0.2) is 0 Å². The van der Waals surface area contributed by atoms with Gasteiger partial charge in [-0.05, 0) is 113 Å². The summed E-state index contributed by atoms with van der Waals surface area (Å²) in [5.41, 5.74) is 6.43. The molecule has 0 atom stereocenters. The number of amides is 2. The molecule has 0 spiro atoms. The molecule has 18 heteroatoms. The summed E-state index contributed by atoms with van der Waals surface area (Å²) in [7, 11) is 3.73. The average molecular weight is 1040 g/mol. The second-order valence-corrected chi connectivity index (χ2v) is 20.1. The van der Waals surface area contributed by atoms with E-state index in [2.05, 4.69) is 0 Å². The Kier molecular flexibility index (Phi) is 16.4. The van der Waals surface area contributed by atoms with Gasteiger partial charge in [0.05, 0.1) is 22.7 Å². The Labute approximate surface area is 451 Å². The molecular weight excluding hydrogens is 986 g/mol. The number of rotatable bonds is 20. The molecule has 4 N–H and O–H groups in total.